The lowest BCUT2D eigenvalue weighted by Gasteiger charge is -2.21. The highest BCUT2D eigenvalue weighted by atomic mass is 31.2. The van der Waals surface area contributed by atoms with Crippen molar-refractivity contribution in [2.24, 2.45) is 0 Å². The van der Waals surface area contributed by atoms with E-state index in [2.05, 4.69) is 186 Å². The van der Waals surface area contributed by atoms with E-state index < -0.39 is 97.5 Å². The number of phosphoric ester groups is 2. The van der Waals surface area contributed by atoms with Crippen LogP contribution in [0.3, 0.4) is 0 Å². The van der Waals surface area contributed by atoms with E-state index in [9.17, 15) is 43.2 Å². The Morgan fingerprint density at radius 3 is 0.736 bits per heavy atom. The van der Waals surface area contributed by atoms with Crippen LogP contribution >= 0.6 is 15.6 Å². The number of hydrogen-bond donors (Lipinski definition) is 3. The third kappa shape index (κ3) is 80.7. The summed E-state index contributed by atoms with van der Waals surface area (Å²) >= 11 is 0. The fourth-order valence-electron chi connectivity index (χ4n) is 11.1. The van der Waals surface area contributed by atoms with Crippen LogP contribution in [0, 0.1) is 0 Å². The van der Waals surface area contributed by atoms with Gasteiger partial charge in [-0.15, -0.1) is 0 Å². The van der Waals surface area contributed by atoms with E-state index in [1.807, 2.05) is 0 Å². The summed E-state index contributed by atoms with van der Waals surface area (Å²) in [5.41, 5.74) is 0. The molecule has 0 aliphatic heterocycles. The van der Waals surface area contributed by atoms with Crippen molar-refractivity contribution in [1.29, 1.82) is 0 Å². The molecule has 3 N–H and O–H groups in total. The molecule has 0 bridgehead atoms. The molecule has 0 radical (unpaired) electrons. The van der Waals surface area contributed by atoms with Gasteiger partial charge in [-0.25, -0.2) is 9.13 Å². The van der Waals surface area contributed by atoms with E-state index in [1.54, 1.807) is 0 Å². The lowest BCUT2D eigenvalue weighted by atomic mass is 10.0. The first kappa shape index (κ1) is 105. The molecular weight excluding hydrogens is 1430 g/mol. The third-order valence-corrected chi connectivity index (χ3v) is 19.4. The Kier molecular flexibility index (Phi) is 77.7. The zero-order chi connectivity index (χ0) is 80.3. The van der Waals surface area contributed by atoms with Gasteiger partial charge >= 0.3 is 39.5 Å². The van der Waals surface area contributed by atoms with Gasteiger partial charge in [0, 0.05) is 25.7 Å². The Balaban J connectivity index is 5.45. The van der Waals surface area contributed by atoms with Crippen LogP contribution in [0.5, 0.6) is 0 Å². The second kappa shape index (κ2) is 81.7. The van der Waals surface area contributed by atoms with Gasteiger partial charge < -0.3 is 33.8 Å². The average Bonchev–Trinajstić information content (AvgIpc) is 0.900. The number of carbonyl (C=O) groups excluding carboxylic acids is 4. The molecule has 0 amide bonds. The summed E-state index contributed by atoms with van der Waals surface area (Å²) in [7, 11) is -10.00. The zero-order valence-corrected chi connectivity index (χ0v) is 70.7. The molecule has 0 aromatic carbocycles. The van der Waals surface area contributed by atoms with Crippen LogP contribution in [0.25, 0.3) is 0 Å². The number of phosphoric acid groups is 2. The number of ether oxygens (including phenoxy) is 4. The number of unbranched alkanes of at least 4 members (excludes halogenated alkanes) is 27. The SMILES string of the molecule is CC/C=C\C/C=C\C/C=C\C/C=C\C/C=C\CCCCCC(=O)OCC(COP(=O)(O)OCC(O)COP(=O)(O)OCC(COC(=O)CCCCCC/C=C\C/C=C\C/C=C\C/C=C\CC)OC(=O)CCCCCCCCCCCCCCCCC)OC(=O)CCCCCCCC/C=C\C/C=C\C/C=C\C/C=C\CC. The van der Waals surface area contributed by atoms with Crippen LogP contribution in [0.15, 0.2) is 158 Å². The molecule has 5 unspecified atom stereocenters. The largest absolute Gasteiger partial charge is 0.472 e. The molecule has 0 saturated heterocycles. The fourth-order valence-corrected chi connectivity index (χ4v) is 12.7. The molecule has 628 valence electrons. The molecule has 0 aromatic rings. The smallest absolute Gasteiger partial charge is 0.462 e. The highest BCUT2D eigenvalue weighted by Gasteiger charge is 2.30. The van der Waals surface area contributed by atoms with Crippen molar-refractivity contribution in [3.63, 3.8) is 0 Å². The fraction of sp³-hybridized carbons (Fsp3) is 0.670. The lowest BCUT2D eigenvalue weighted by Crippen LogP contribution is -2.30. The van der Waals surface area contributed by atoms with Gasteiger partial charge in [-0.05, 0) is 148 Å². The van der Waals surface area contributed by atoms with Crippen LogP contribution in [-0.2, 0) is 65.4 Å². The number of aliphatic hydroxyl groups is 1. The first-order valence-electron chi connectivity index (χ1n) is 42.7. The average molecular weight is 1580 g/mol. The van der Waals surface area contributed by atoms with Crippen molar-refractivity contribution >= 4 is 39.5 Å². The van der Waals surface area contributed by atoms with Crippen molar-refractivity contribution in [3.05, 3.63) is 158 Å². The maximum Gasteiger partial charge on any atom is 0.472 e. The first-order chi connectivity index (χ1) is 53.7. The van der Waals surface area contributed by atoms with Crippen molar-refractivity contribution < 1.29 is 80.2 Å². The van der Waals surface area contributed by atoms with Crippen LogP contribution < -0.4 is 0 Å². The summed E-state index contributed by atoms with van der Waals surface area (Å²) in [6, 6.07) is 0. The Labute approximate surface area is 668 Å². The number of esters is 4. The number of carbonyl (C=O) groups is 4. The van der Waals surface area contributed by atoms with E-state index in [0.717, 1.165) is 193 Å². The minimum atomic E-state index is -5.00. The van der Waals surface area contributed by atoms with E-state index in [-0.39, 0.29) is 25.7 Å². The van der Waals surface area contributed by atoms with Gasteiger partial charge in [0.15, 0.2) is 12.2 Å². The minimum absolute atomic E-state index is 0.0658. The number of aliphatic hydroxyl groups excluding tert-OH is 1. The topological polar surface area (TPSA) is 237 Å². The molecule has 17 nitrogen and oxygen atoms in total. The molecule has 5 atom stereocenters. The number of rotatable bonds is 79. The van der Waals surface area contributed by atoms with Gasteiger partial charge in [0.1, 0.15) is 19.3 Å². The van der Waals surface area contributed by atoms with Gasteiger partial charge in [-0.2, -0.15) is 0 Å². The summed E-state index contributed by atoms with van der Waals surface area (Å²) in [4.78, 5) is 73.3. The standard InChI is InChI=1S/C91H152O17P2/c1-5-9-13-17-21-25-29-33-37-40-42-45-49-52-56-60-64-68-72-76-89(94)102-82-87(108-91(96)78-74-70-66-62-58-54-50-46-43-41-38-34-30-26-22-18-14-10-6-2)84-106-110(99,100)104-80-85(92)79-103-109(97,98)105-83-86(107-90(95)77-73-69-65-61-57-53-47-36-32-28-24-20-16-12-8-4)81-101-88(93)75-71-67-63-59-55-51-48-44-39-35-31-27-23-19-15-11-7-3/h9-11,13-15,21-23,25-27,33-35,37-39,42-43,45-46,48,51-52,56,85-87,92H,5-8,12,16-20,24,28-32,36,40-41,44,47,49-50,53-55,57-84H2,1-4H3,(H,97,98)(H,99,100)/b13-9-,14-10-,15-11-,25-21-,26-22-,27-23-,37-33-,38-34-,39-35-,45-42-,46-43-,51-48-,56-52-. The quantitative estimate of drug-likeness (QED) is 0.0169. The Hall–Kier alpha value is -5.32. The van der Waals surface area contributed by atoms with Gasteiger partial charge in [-0.1, -0.05) is 321 Å². The molecular formula is C91H152O17P2. The van der Waals surface area contributed by atoms with Crippen LogP contribution in [0.1, 0.15) is 336 Å². The normalized spacial score (nSPS) is 14.6. The van der Waals surface area contributed by atoms with Gasteiger partial charge in [0.2, 0.25) is 0 Å². The first-order valence-corrected chi connectivity index (χ1v) is 45.7. The van der Waals surface area contributed by atoms with E-state index in [0.29, 0.717) is 25.7 Å². The van der Waals surface area contributed by atoms with Crippen LogP contribution in [0.4, 0.5) is 0 Å². The molecule has 0 saturated carbocycles. The molecule has 0 rings (SSSR count). The lowest BCUT2D eigenvalue weighted by molar-refractivity contribution is -0.161. The number of allylic oxidation sites excluding steroid dienone is 26. The second-order valence-electron chi connectivity index (χ2n) is 28.0. The van der Waals surface area contributed by atoms with E-state index in [1.165, 1.54) is 64.2 Å². The minimum Gasteiger partial charge on any atom is -0.462 e. The monoisotopic (exact) mass is 1580 g/mol. The Bertz CT molecular complexity index is 2700. The van der Waals surface area contributed by atoms with Gasteiger partial charge in [0.05, 0.1) is 26.4 Å². The maximum atomic E-state index is 13.1. The highest BCUT2D eigenvalue weighted by molar-refractivity contribution is 7.47. The van der Waals surface area contributed by atoms with Gasteiger partial charge in [0.25, 0.3) is 0 Å². The van der Waals surface area contributed by atoms with Crippen molar-refractivity contribution in [1.82, 2.24) is 0 Å². The molecule has 0 aliphatic carbocycles. The predicted molar refractivity (Wildman–Crippen MR) is 454 cm³/mol. The second-order valence-corrected chi connectivity index (χ2v) is 30.9. The third-order valence-electron chi connectivity index (χ3n) is 17.5. The summed E-state index contributed by atoms with van der Waals surface area (Å²) in [6.45, 7) is 4.49. The van der Waals surface area contributed by atoms with E-state index in [4.69, 9.17) is 37.0 Å². The molecule has 110 heavy (non-hydrogen) atoms. The predicted octanol–water partition coefficient (Wildman–Crippen LogP) is 25.6. The Morgan fingerprint density at radius 1 is 0.264 bits per heavy atom. The highest BCUT2D eigenvalue weighted by Crippen LogP contribution is 2.45. The van der Waals surface area contributed by atoms with E-state index >= 15 is 0 Å². The molecule has 0 spiro atoms. The van der Waals surface area contributed by atoms with Crippen molar-refractivity contribution in [2.45, 2.75) is 354 Å². The van der Waals surface area contributed by atoms with Crippen molar-refractivity contribution in [2.75, 3.05) is 39.6 Å². The molecule has 0 heterocycles. The summed E-state index contributed by atoms with van der Waals surface area (Å²) in [5.74, 6) is -2.25. The zero-order valence-electron chi connectivity index (χ0n) is 68.9. The van der Waals surface area contributed by atoms with Crippen LogP contribution in [-0.4, -0.2) is 96.7 Å². The Morgan fingerprint density at radius 2 is 0.473 bits per heavy atom. The summed E-state index contributed by atoms with van der Waals surface area (Å²) in [6.07, 6.45) is 96.3. The number of hydrogen-bond acceptors (Lipinski definition) is 15. The van der Waals surface area contributed by atoms with Crippen molar-refractivity contribution in [3.8, 4) is 0 Å². The maximum absolute atomic E-state index is 13.1. The molecule has 0 aliphatic rings. The molecule has 0 aromatic heterocycles. The molecule has 19 heteroatoms. The molecule has 0 fully saturated rings. The van der Waals surface area contributed by atoms with Crippen LogP contribution in [0.2, 0.25) is 0 Å². The summed E-state index contributed by atoms with van der Waals surface area (Å²) < 4.78 is 68.8. The summed E-state index contributed by atoms with van der Waals surface area (Å²) in [5, 5.41) is 10.7. The van der Waals surface area contributed by atoms with Gasteiger partial charge in [-0.3, -0.25) is 37.3 Å².